The SMILES string of the molecule is Cc1cc(I)ccc1NC(=O)CSc1sc2c(O)cc(=O)[nH]c2c1C#N. The molecule has 9 heteroatoms. The van der Waals surface area contributed by atoms with Crippen molar-refractivity contribution in [3.63, 3.8) is 0 Å². The lowest BCUT2D eigenvalue weighted by atomic mass is 10.2. The number of pyridine rings is 1. The second-order valence-electron chi connectivity index (χ2n) is 5.40. The standard InChI is InChI=1S/C17H12IN3O3S2/c1-8-4-9(18)2-3-11(8)20-14(24)7-25-17-10(6-19)15-16(26-17)12(22)5-13(23)21-15/h2-5H,7H2,1H3,(H,20,24)(H2,21,22,23). The maximum absolute atomic E-state index is 12.2. The number of hydrogen-bond acceptors (Lipinski definition) is 6. The summed E-state index contributed by atoms with van der Waals surface area (Å²) in [6.45, 7) is 1.92. The van der Waals surface area contributed by atoms with Gasteiger partial charge in [0.25, 0.3) is 5.56 Å². The normalized spacial score (nSPS) is 10.7. The van der Waals surface area contributed by atoms with Gasteiger partial charge in [-0.25, -0.2) is 0 Å². The smallest absolute Gasteiger partial charge is 0.252 e. The molecule has 0 bridgehead atoms. The molecule has 1 aromatic carbocycles. The molecule has 0 atom stereocenters. The first-order chi connectivity index (χ1) is 12.4. The molecule has 2 aromatic heterocycles. The molecular weight excluding hydrogens is 485 g/mol. The summed E-state index contributed by atoms with van der Waals surface area (Å²) in [5.74, 6) is -0.257. The van der Waals surface area contributed by atoms with Crippen LogP contribution < -0.4 is 10.9 Å². The van der Waals surface area contributed by atoms with E-state index in [1.165, 1.54) is 23.1 Å². The van der Waals surface area contributed by atoms with Gasteiger partial charge >= 0.3 is 0 Å². The molecule has 0 fully saturated rings. The topological polar surface area (TPSA) is 106 Å². The van der Waals surface area contributed by atoms with Crippen molar-refractivity contribution < 1.29 is 9.90 Å². The van der Waals surface area contributed by atoms with Crippen molar-refractivity contribution in [2.45, 2.75) is 11.1 Å². The molecule has 6 nitrogen and oxygen atoms in total. The van der Waals surface area contributed by atoms with Gasteiger partial charge in [0.1, 0.15) is 17.4 Å². The molecule has 0 aliphatic heterocycles. The number of aromatic amines is 1. The molecular formula is C17H12IN3O3S2. The fraction of sp³-hybridized carbons (Fsp3) is 0.118. The van der Waals surface area contributed by atoms with E-state index in [0.717, 1.165) is 20.9 Å². The highest BCUT2D eigenvalue weighted by Gasteiger charge is 2.17. The number of nitrogens with zero attached hydrogens (tertiary/aromatic N) is 1. The number of H-pyrrole nitrogens is 1. The van der Waals surface area contributed by atoms with Crippen LogP contribution >= 0.6 is 45.7 Å². The van der Waals surface area contributed by atoms with Crippen molar-refractivity contribution in [3.8, 4) is 11.8 Å². The maximum atomic E-state index is 12.2. The number of rotatable bonds is 4. The van der Waals surface area contributed by atoms with Crippen molar-refractivity contribution >= 4 is 67.5 Å². The van der Waals surface area contributed by atoms with Gasteiger partial charge in [-0.1, -0.05) is 0 Å². The molecule has 3 rings (SSSR count). The number of aromatic hydroxyl groups is 1. The van der Waals surface area contributed by atoms with Gasteiger partial charge in [-0.05, 0) is 53.3 Å². The molecule has 0 aliphatic rings. The van der Waals surface area contributed by atoms with Gasteiger partial charge in [-0.2, -0.15) is 5.26 Å². The van der Waals surface area contributed by atoms with Gasteiger partial charge in [-0.15, -0.1) is 23.1 Å². The Balaban J connectivity index is 1.79. The van der Waals surface area contributed by atoms with Crippen molar-refractivity contribution in [1.29, 1.82) is 5.26 Å². The van der Waals surface area contributed by atoms with Crippen LogP contribution in [0.4, 0.5) is 5.69 Å². The monoisotopic (exact) mass is 497 g/mol. The highest BCUT2D eigenvalue weighted by molar-refractivity contribution is 14.1. The summed E-state index contributed by atoms with van der Waals surface area (Å²) in [6, 6.07) is 8.84. The zero-order valence-electron chi connectivity index (χ0n) is 13.4. The number of amides is 1. The minimum atomic E-state index is -0.479. The van der Waals surface area contributed by atoms with Crippen LogP contribution in [0.3, 0.4) is 0 Å². The number of nitrogens with one attached hydrogen (secondary N) is 2. The van der Waals surface area contributed by atoms with Gasteiger partial charge in [0.15, 0.2) is 0 Å². The van der Waals surface area contributed by atoms with E-state index in [0.29, 0.717) is 14.4 Å². The zero-order valence-corrected chi connectivity index (χ0v) is 17.2. The Labute approximate surface area is 170 Å². The second kappa shape index (κ2) is 7.69. The van der Waals surface area contributed by atoms with Gasteiger partial charge in [-0.3, -0.25) is 9.59 Å². The molecule has 0 aliphatic carbocycles. The lowest BCUT2D eigenvalue weighted by Gasteiger charge is -2.08. The average Bonchev–Trinajstić information content (AvgIpc) is 2.93. The molecule has 3 N–H and O–H groups in total. The summed E-state index contributed by atoms with van der Waals surface area (Å²) in [5, 5.41) is 22.1. The van der Waals surface area contributed by atoms with Crippen LogP contribution in [0.25, 0.3) is 10.2 Å². The number of aromatic nitrogens is 1. The summed E-state index contributed by atoms with van der Waals surface area (Å²) in [4.78, 5) is 26.3. The van der Waals surface area contributed by atoms with Crippen LogP contribution in [0.15, 0.2) is 33.3 Å². The second-order valence-corrected chi connectivity index (χ2v) is 8.91. The fourth-order valence-electron chi connectivity index (χ4n) is 2.35. The summed E-state index contributed by atoms with van der Waals surface area (Å²) in [5.41, 5.74) is 1.81. The summed E-state index contributed by atoms with van der Waals surface area (Å²) in [7, 11) is 0. The number of carbonyl (C=O) groups is 1. The minimum Gasteiger partial charge on any atom is -0.506 e. The molecule has 0 radical (unpaired) electrons. The Morgan fingerprint density at radius 3 is 2.92 bits per heavy atom. The number of carbonyl (C=O) groups excluding carboxylic acids is 1. The number of halogens is 1. The number of aryl methyl sites for hydroxylation is 1. The van der Waals surface area contributed by atoms with Crippen molar-refractivity contribution in [2.24, 2.45) is 0 Å². The number of nitriles is 1. The Morgan fingerprint density at radius 1 is 1.46 bits per heavy atom. The van der Waals surface area contributed by atoms with E-state index in [4.69, 9.17) is 0 Å². The lowest BCUT2D eigenvalue weighted by molar-refractivity contribution is -0.113. The van der Waals surface area contributed by atoms with Crippen molar-refractivity contribution in [1.82, 2.24) is 4.98 Å². The van der Waals surface area contributed by atoms with Crippen LogP contribution in [-0.4, -0.2) is 21.8 Å². The third kappa shape index (κ3) is 3.87. The van der Waals surface area contributed by atoms with Crippen LogP contribution in [-0.2, 0) is 4.79 Å². The molecule has 0 spiro atoms. The molecule has 0 saturated heterocycles. The number of thioether (sulfide) groups is 1. The average molecular weight is 497 g/mol. The summed E-state index contributed by atoms with van der Waals surface area (Å²) in [6.07, 6.45) is 0. The van der Waals surface area contributed by atoms with Gasteiger partial charge in [0.2, 0.25) is 5.91 Å². The maximum Gasteiger partial charge on any atom is 0.252 e. The van der Waals surface area contributed by atoms with Gasteiger partial charge < -0.3 is 15.4 Å². The molecule has 1 amide bonds. The first kappa shape index (κ1) is 18.8. The number of hydrogen-bond donors (Lipinski definition) is 3. The third-order valence-electron chi connectivity index (χ3n) is 3.53. The van der Waals surface area contributed by atoms with E-state index in [9.17, 15) is 20.0 Å². The Morgan fingerprint density at radius 2 is 2.23 bits per heavy atom. The van der Waals surface area contributed by atoms with Crippen LogP contribution in [0.1, 0.15) is 11.1 Å². The van der Waals surface area contributed by atoms with E-state index in [1.54, 1.807) is 0 Å². The number of benzene rings is 1. The molecule has 0 saturated carbocycles. The van der Waals surface area contributed by atoms with Gasteiger partial charge in [0.05, 0.1) is 20.2 Å². The molecule has 2 heterocycles. The molecule has 26 heavy (non-hydrogen) atoms. The quantitative estimate of drug-likeness (QED) is 0.376. The Hall–Kier alpha value is -2.03. The first-order valence-corrected chi connectivity index (χ1v) is 10.2. The van der Waals surface area contributed by atoms with Crippen LogP contribution in [0, 0.1) is 21.8 Å². The highest BCUT2D eigenvalue weighted by atomic mass is 127. The van der Waals surface area contributed by atoms with Crippen molar-refractivity contribution in [3.05, 3.63) is 49.3 Å². The van der Waals surface area contributed by atoms with E-state index >= 15 is 0 Å². The molecule has 132 valence electrons. The largest absolute Gasteiger partial charge is 0.506 e. The zero-order chi connectivity index (χ0) is 18.8. The van der Waals surface area contributed by atoms with Gasteiger partial charge in [0, 0.05) is 15.3 Å². The highest BCUT2D eigenvalue weighted by Crippen LogP contribution is 2.39. The summed E-state index contributed by atoms with van der Waals surface area (Å²) >= 11 is 4.58. The predicted octanol–water partition coefficient (Wildman–Crippen LogP) is 3.81. The fourth-order valence-corrected chi connectivity index (χ4v) is 5.14. The van der Waals surface area contributed by atoms with Crippen LogP contribution in [0.2, 0.25) is 0 Å². The Kier molecular flexibility index (Phi) is 5.55. The number of thiophene rings is 1. The Bertz CT molecular complexity index is 1110. The lowest BCUT2D eigenvalue weighted by Crippen LogP contribution is -2.14. The van der Waals surface area contributed by atoms with E-state index in [2.05, 4.69) is 32.9 Å². The first-order valence-electron chi connectivity index (χ1n) is 7.36. The van der Waals surface area contributed by atoms with Crippen LogP contribution in [0.5, 0.6) is 5.75 Å². The number of anilines is 1. The van der Waals surface area contributed by atoms with Crippen molar-refractivity contribution in [2.75, 3.05) is 11.1 Å². The minimum absolute atomic E-state index is 0.109. The van der Waals surface area contributed by atoms with E-state index < -0.39 is 5.56 Å². The van der Waals surface area contributed by atoms with E-state index in [1.807, 2.05) is 31.2 Å². The number of fused-ring (bicyclic) bond motifs is 1. The molecule has 3 aromatic rings. The van der Waals surface area contributed by atoms with E-state index in [-0.39, 0.29) is 23.0 Å². The predicted molar refractivity (Wildman–Crippen MR) is 112 cm³/mol. The summed E-state index contributed by atoms with van der Waals surface area (Å²) < 4.78 is 2.09. The molecule has 0 unspecified atom stereocenters. The third-order valence-corrected chi connectivity index (χ3v) is 6.69.